The van der Waals surface area contributed by atoms with Crippen LogP contribution in [0.3, 0.4) is 0 Å². The number of piperazine rings is 1. The first-order chi connectivity index (χ1) is 9.13. The van der Waals surface area contributed by atoms with Crippen LogP contribution >= 0.6 is 28.3 Å². The molecule has 1 saturated heterocycles. The molecule has 0 spiro atoms. The molecule has 1 N–H and O–H groups in total. The van der Waals surface area contributed by atoms with E-state index in [0.29, 0.717) is 5.56 Å². The molecule has 5 heteroatoms. The van der Waals surface area contributed by atoms with Gasteiger partial charge in [-0.25, -0.2) is 4.39 Å². The molecule has 2 rings (SSSR count). The lowest BCUT2D eigenvalue weighted by Crippen LogP contribution is -2.45. The maximum atomic E-state index is 14.4. The molecule has 0 bridgehead atoms. The van der Waals surface area contributed by atoms with Crippen LogP contribution in [-0.2, 0) is 0 Å². The molecule has 1 aliphatic heterocycles. The molecule has 0 radical (unpaired) electrons. The van der Waals surface area contributed by atoms with Crippen molar-refractivity contribution in [1.82, 2.24) is 10.2 Å². The second kappa shape index (κ2) is 8.13. The van der Waals surface area contributed by atoms with Gasteiger partial charge in [0.25, 0.3) is 0 Å². The SMILES string of the molecule is C=CC[C@H](c1cc(Br)cc(C)c1F)N1CCNCC1.Cl. The third-order valence-electron chi connectivity index (χ3n) is 3.59. The molecule has 0 saturated carbocycles. The Kier molecular flexibility index (Phi) is 7.17. The van der Waals surface area contributed by atoms with E-state index in [1.165, 1.54) is 0 Å². The lowest BCUT2D eigenvalue weighted by molar-refractivity contribution is 0.171. The Labute approximate surface area is 135 Å². The van der Waals surface area contributed by atoms with Crippen LogP contribution in [0.4, 0.5) is 4.39 Å². The van der Waals surface area contributed by atoms with Crippen molar-refractivity contribution in [2.75, 3.05) is 26.2 Å². The summed E-state index contributed by atoms with van der Waals surface area (Å²) in [5, 5.41) is 3.33. The highest BCUT2D eigenvalue weighted by atomic mass is 79.9. The summed E-state index contributed by atoms with van der Waals surface area (Å²) < 4.78 is 15.3. The van der Waals surface area contributed by atoms with Gasteiger partial charge in [-0.1, -0.05) is 22.0 Å². The monoisotopic (exact) mass is 362 g/mol. The summed E-state index contributed by atoms with van der Waals surface area (Å²) in [6, 6.07) is 3.80. The highest BCUT2D eigenvalue weighted by Gasteiger charge is 2.24. The van der Waals surface area contributed by atoms with Gasteiger partial charge in [0.15, 0.2) is 0 Å². The molecule has 20 heavy (non-hydrogen) atoms. The molecule has 1 heterocycles. The smallest absolute Gasteiger partial charge is 0.130 e. The lowest BCUT2D eigenvalue weighted by atomic mass is 9.98. The van der Waals surface area contributed by atoms with Crippen molar-refractivity contribution in [3.8, 4) is 0 Å². The Morgan fingerprint density at radius 2 is 2.10 bits per heavy atom. The molecule has 1 aliphatic rings. The fourth-order valence-corrected chi connectivity index (χ4v) is 3.21. The van der Waals surface area contributed by atoms with E-state index >= 15 is 0 Å². The second-order valence-electron chi connectivity index (χ2n) is 4.95. The van der Waals surface area contributed by atoms with Crippen LogP contribution in [-0.4, -0.2) is 31.1 Å². The van der Waals surface area contributed by atoms with Crippen molar-refractivity contribution < 1.29 is 4.39 Å². The summed E-state index contributed by atoms with van der Waals surface area (Å²) in [6.45, 7) is 9.45. The number of hydrogen-bond acceptors (Lipinski definition) is 2. The van der Waals surface area contributed by atoms with Gasteiger partial charge in [0.1, 0.15) is 5.82 Å². The third kappa shape index (κ3) is 4.04. The number of aryl methyl sites for hydroxylation is 1. The van der Waals surface area contributed by atoms with Crippen LogP contribution in [0.25, 0.3) is 0 Å². The van der Waals surface area contributed by atoms with E-state index in [1.807, 2.05) is 25.1 Å². The molecule has 1 fully saturated rings. The minimum Gasteiger partial charge on any atom is -0.314 e. The minimum atomic E-state index is -0.0893. The first-order valence-electron chi connectivity index (χ1n) is 6.64. The molecule has 1 aromatic rings. The number of nitrogens with one attached hydrogen (secondary N) is 1. The third-order valence-corrected chi connectivity index (χ3v) is 4.05. The van der Waals surface area contributed by atoms with Gasteiger partial charge in [0, 0.05) is 42.3 Å². The maximum Gasteiger partial charge on any atom is 0.130 e. The predicted octanol–water partition coefficient (Wildman–Crippen LogP) is 3.84. The summed E-state index contributed by atoms with van der Waals surface area (Å²) in [4.78, 5) is 2.34. The van der Waals surface area contributed by atoms with Crippen LogP contribution in [0.2, 0.25) is 0 Å². The second-order valence-corrected chi connectivity index (χ2v) is 5.87. The molecule has 0 aromatic heterocycles. The summed E-state index contributed by atoms with van der Waals surface area (Å²) in [5.74, 6) is -0.0893. The molecule has 1 atom stereocenters. The van der Waals surface area contributed by atoms with Gasteiger partial charge in [-0.05, 0) is 31.0 Å². The van der Waals surface area contributed by atoms with E-state index in [9.17, 15) is 4.39 Å². The maximum absolute atomic E-state index is 14.4. The summed E-state index contributed by atoms with van der Waals surface area (Å²) >= 11 is 3.47. The topological polar surface area (TPSA) is 15.3 Å². The zero-order chi connectivity index (χ0) is 13.8. The van der Waals surface area contributed by atoms with Crippen LogP contribution in [0.5, 0.6) is 0 Å². The number of halogens is 3. The zero-order valence-corrected chi connectivity index (χ0v) is 14.1. The summed E-state index contributed by atoms with van der Waals surface area (Å²) in [6.07, 6.45) is 2.65. The van der Waals surface area contributed by atoms with Gasteiger partial charge in [-0.2, -0.15) is 0 Å². The van der Waals surface area contributed by atoms with Crippen LogP contribution < -0.4 is 5.32 Å². The molecular weight excluding hydrogens is 343 g/mol. The molecule has 0 aliphatic carbocycles. The molecule has 1 aromatic carbocycles. The molecule has 0 unspecified atom stereocenters. The van der Waals surface area contributed by atoms with Gasteiger partial charge in [-0.3, -0.25) is 4.90 Å². The van der Waals surface area contributed by atoms with E-state index in [0.717, 1.165) is 42.6 Å². The molecule has 2 nitrogen and oxygen atoms in total. The number of hydrogen-bond donors (Lipinski definition) is 1. The first-order valence-corrected chi connectivity index (χ1v) is 7.44. The minimum absolute atomic E-state index is 0. The van der Waals surface area contributed by atoms with Crippen LogP contribution in [0.1, 0.15) is 23.6 Å². The van der Waals surface area contributed by atoms with E-state index in [-0.39, 0.29) is 24.3 Å². The Morgan fingerprint density at radius 1 is 1.45 bits per heavy atom. The Bertz CT molecular complexity index is 461. The van der Waals surface area contributed by atoms with E-state index in [2.05, 4.69) is 32.7 Å². The van der Waals surface area contributed by atoms with Crippen molar-refractivity contribution in [3.05, 3.63) is 46.2 Å². The van der Waals surface area contributed by atoms with Gasteiger partial charge in [0.2, 0.25) is 0 Å². The Morgan fingerprint density at radius 3 is 2.70 bits per heavy atom. The van der Waals surface area contributed by atoms with Gasteiger partial charge in [0.05, 0.1) is 0 Å². The average molecular weight is 364 g/mol. The predicted molar refractivity (Wildman–Crippen MR) is 88.1 cm³/mol. The fourth-order valence-electron chi connectivity index (χ4n) is 2.62. The fraction of sp³-hybridized carbons (Fsp3) is 0.467. The number of rotatable bonds is 4. The standard InChI is InChI=1S/C15H20BrFN2.ClH/c1-3-4-14(19-7-5-18-6-8-19)13-10-12(16)9-11(2)15(13)17;/h3,9-10,14,18H,1,4-8H2,2H3;1H/t14-;/m1./s1. The quantitative estimate of drug-likeness (QED) is 0.818. The Balaban J connectivity index is 0.00000200. The molecule has 112 valence electrons. The van der Waals surface area contributed by atoms with Crippen LogP contribution in [0, 0.1) is 12.7 Å². The van der Waals surface area contributed by atoms with Gasteiger partial charge in [-0.15, -0.1) is 19.0 Å². The van der Waals surface area contributed by atoms with Gasteiger partial charge >= 0.3 is 0 Å². The van der Waals surface area contributed by atoms with Crippen molar-refractivity contribution in [2.45, 2.75) is 19.4 Å². The highest BCUT2D eigenvalue weighted by Crippen LogP contribution is 2.31. The van der Waals surface area contributed by atoms with E-state index < -0.39 is 0 Å². The Hall–Kier alpha value is -0.420. The van der Waals surface area contributed by atoms with E-state index in [4.69, 9.17) is 0 Å². The summed E-state index contributed by atoms with van der Waals surface area (Å²) in [5.41, 5.74) is 1.46. The van der Waals surface area contributed by atoms with Gasteiger partial charge < -0.3 is 5.32 Å². The average Bonchev–Trinajstić information content (AvgIpc) is 2.41. The van der Waals surface area contributed by atoms with Crippen molar-refractivity contribution >= 4 is 28.3 Å². The first kappa shape index (κ1) is 17.6. The van der Waals surface area contributed by atoms with Crippen molar-refractivity contribution in [1.29, 1.82) is 0 Å². The number of nitrogens with zero attached hydrogens (tertiary/aromatic N) is 1. The molecule has 0 amide bonds. The van der Waals surface area contributed by atoms with E-state index in [1.54, 1.807) is 0 Å². The molecular formula is C15H21BrClFN2. The normalized spacial score (nSPS) is 17.4. The zero-order valence-electron chi connectivity index (χ0n) is 11.7. The van der Waals surface area contributed by atoms with Crippen LogP contribution in [0.15, 0.2) is 29.3 Å². The lowest BCUT2D eigenvalue weighted by Gasteiger charge is -2.35. The van der Waals surface area contributed by atoms with Crippen molar-refractivity contribution in [2.24, 2.45) is 0 Å². The van der Waals surface area contributed by atoms with Crippen molar-refractivity contribution in [3.63, 3.8) is 0 Å². The summed E-state index contributed by atoms with van der Waals surface area (Å²) in [7, 11) is 0. The number of benzene rings is 1. The highest BCUT2D eigenvalue weighted by molar-refractivity contribution is 9.10. The largest absolute Gasteiger partial charge is 0.314 e.